The van der Waals surface area contributed by atoms with Gasteiger partial charge in [-0.25, -0.2) is 9.78 Å². The van der Waals surface area contributed by atoms with Crippen molar-refractivity contribution in [2.24, 2.45) is 11.7 Å². The van der Waals surface area contributed by atoms with Crippen LogP contribution in [0, 0.1) is 5.92 Å². The van der Waals surface area contributed by atoms with Crippen LogP contribution in [-0.4, -0.2) is 37.2 Å². The number of nitrogens with two attached hydrogens (primary N) is 1. The van der Waals surface area contributed by atoms with Crippen molar-refractivity contribution in [3.63, 3.8) is 0 Å². The number of carbonyl (C=O) groups is 1. The molecule has 2 unspecified atom stereocenters. The van der Waals surface area contributed by atoms with Gasteiger partial charge in [0.25, 0.3) is 0 Å². The summed E-state index contributed by atoms with van der Waals surface area (Å²) in [6, 6.07) is 3.84. The molecule has 2 heterocycles. The SMILES string of the molecule is COC(=O)c1cccnc1N1CC(CN)CC1C. The fraction of sp³-hybridized carbons (Fsp3) is 0.538. The van der Waals surface area contributed by atoms with E-state index in [-0.39, 0.29) is 5.97 Å². The molecule has 0 aliphatic carbocycles. The number of rotatable bonds is 3. The van der Waals surface area contributed by atoms with Crippen LogP contribution in [0.4, 0.5) is 5.82 Å². The molecule has 1 aromatic rings. The van der Waals surface area contributed by atoms with Gasteiger partial charge in [0.1, 0.15) is 11.4 Å². The minimum atomic E-state index is -0.346. The number of hydrogen-bond acceptors (Lipinski definition) is 5. The molecule has 5 heteroatoms. The topological polar surface area (TPSA) is 68.5 Å². The Morgan fingerprint density at radius 3 is 3.06 bits per heavy atom. The van der Waals surface area contributed by atoms with Crippen LogP contribution in [0.3, 0.4) is 0 Å². The van der Waals surface area contributed by atoms with Gasteiger partial charge in [0.05, 0.1) is 7.11 Å². The molecule has 0 amide bonds. The summed E-state index contributed by atoms with van der Waals surface area (Å²) in [7, 11) is 1.38. The van der Waals surface area contributed by atoms with Crippen LogP contribution in [0.1, 0.15) is 23.7 Å². The molecule has 0 spiro atoms. The molecule has 2 N–H and O–H groups in total. The van der Waals surface area contributed by atoms with Crippen molar-refractivity contribution in [1.82, 2.24) is 4.98 Å². The Balaban J connectivity index is 2.31. The second kappa shape index (κ2) is 5.35. The van der Waals surface area contributed by atoms with Gasteiger partial charge in [0, 0.05) is 18.8 Å². The Hall–Kier alpha value is -1.62. The molecule has 2 rings (SSSR count). The van der Waals surface area contributed by atoms with Crippen LogP contribution in [0.25, 0.3) is 0 Å². The van der Waals surface area contributed by atoms with Gasteiger partial charge >= 0.3 is 5.97 Å². The van der Waals surface area contributed by atoms with Gasteiger partial charge in [-0.1, -0.05) is 0 Å². The standard InChI is InChI=1S/C13H19N3O2/c1-9-6-10(7-14)8-16(9)12-11(13(17)18-2)4-3-5-15-12/h3-5,9-10H,6-8,14H2,1-2H3. The largest absolute Gasteiger partial charge is 0.465 e. The number of ether oxygens (including phenoxy) is 1. The molecule has 0 aromatic carbocycles. The number of carbonyl (C=O) groups excluding carboxylic acids is 1. The smallest absolute Gasteiger partial charge is 0.341 e. The predicted molar refractivity (Wildman–Crippen MR) is 69.5 cm³/mol. The summed E-state index contributed by atoms with van der Waals surface area (Å²) in [6.07, 6.45) is 2.73. The van der Waals surface area contributed by atoms with Gasteiger partial charge in [-0.05, 0) is 37.9 Å². The highest BCUT2D eigenvalue weighted by molar-refractivity contribution is 5.94. The number of esters is 1. The lowest BCUT2D eigenvalue weighted by Gasteiger charge is -2.24. The molecule has 1 aliphatic heterocycles. The molecular weight excluding hydrogens is 230 g/mol. The van der Waals surface area contributed by atoms with Gasteiger partial charge in [-0.3, -0.25) is 0 Å². The Labute approximate surface area is 107 Å². The third-order valence-electron chi connectivity index (χ3n) is 3.46. The molecule has 5 nitrogen and oxygen atoms in total. The number of hydrogen-bond donors (Lipinski definition) is 1. The van der Waals surface area contributed by atoms with Crippen LogP contribution >= 0.6 is 0 Å². The molecule has 1 aromatic heterocycles. The van der Waals surface area contributed by atoms with Crippen molar-refractivity contribution in [2.75, 3.05) is 25.1 Å². The third-order valence-corrected chi connectivity index (χ3v) is 3.46. The Morgan fingerprint density at radius 2 is 2.44 bits per heavy atom. The van der Waals surface area contributed by atoms with Gasteiger partial charge < -0.3 is 15.4 Å². The molecule has 0 bridgehead atoms. The average molecular weight is 249 g/mol. The zero-order valence-electron chi connectivity index (χ0n) is 10.8. The summed E-state index contributed by atoms with van der Waals surface area (Å²) in [5, 5.41) is 0. The van der Waals surface area contributed by atoms with E-state index in [0.29, 0.717) is 29.9 Å². The molecule has 1 fully saturated rings. The first kappa shape index (κ1) is 12.8. The minimum Gasteiger partial charge on any atom is -0.465 e. The maximum atomic E-state index is 11.7. The zero-order chi connectivity index (χ0) is 13.1. The highest BCUT2D eigenvalue weighted by Crippen LogP contribution is 2.29. The molecule has 0 radical (unpaired) electrons. The average Bonchev–Trinajstić information content (AvgIpc) is 2.79. The van der Waals surface area contributed by atoms with E-state index >= 15 is 0 Å². The fourth-order valence-corrected chi connectivity index (χ4v) is 2.50. The van der Waals surface area contributed by atoms with E-state index in [4.69, 9.17) is 10.5 Å². The van der Waals surface area contributed by atoms with Gasteiger partial charge in [-0.2, -0.15) is 0 Å². The predicted octanol–water partition coefficient (Wildman–Crippen LogP) is 1.04. The lowest BCUT2D eigenvalue weighted by molar-refractivity contribution is 0.0601. The van der Waals surface area contributed by atoms with Crippen LogP contribution in [-0.2, 0) is 4.74 Å². The maximum Gasteiger partial charge on any atom is 0.341 e. The number of anilines is 1. The summed E-state index contributed by atoms with van der Waals surface area (Å²) >= 11 is 0. The van der Waals surface area contributed by atoms with Crippen LogP contribution in [0.2, 0.25) is 0 Å². The normalized spacial score (nSPS) is 23.2. The summed E-state index contributed by atoms with van der Waals surface area (Å²) in [6.45, 7) is 3.64. The highest BCUT2D eigenvalue weighted by Gasteiger charge is 2.31. The second-order valence-electron chi connectivity index (χ2n) is 4.70. The van der Waals surface area contributed by atoms with E-state index in [2.05, 4.69) is 16.8 Å². The first-order chi connectivity index (χ1) is 8.67. The van der Waals surface area contributed by atoms with Crippen molar-refractivity contribution in [3.05, 3.63) is 23.9 Å². The second-order valence-corrected chi connectivity index (χ2v) is 4.70. The molecular formula is C13H19N3O2. The monoisotopic (exact) mass is 249 g/mol. The first-order valence-electron chi connectivity index (χ1n) is 6.17. The number of aromatic nitrogens is 1. The fourth-order valence-electron chi connectivity index (χ4n) is 2.50. The molecule has 0 saturated carbocycles. The highest BCUT2D eigenvalue weighted by atomic mass is 16.5. The summed E-state index contributed by atoms with van der Waals surface area (Å²) in [5.74, 6) is 0.821. The van der Waals surface area contributed by atoms with E-state index in [1.54, 1.807) is 18.3 Å². The van der Waals surface area contributed by atoms with E-state index in [0.717, 1.165) is 13.0 Å². The Bertz CT molecular complexity index is 436. The lowest BCUT2D eigenvalue weighted by Crippen LogP contribution is -2.30. The summed E-state index contributed by atoms with van der Waals surface area (Å²) in [5.41, 5.74) is 6.24. The number of nitrogens with zero attached hydrogens (tertiary/aromatic N) is 2. The van der Waals surface area contributed by atoms with Crippen molar-refractivity contribution in [2.45, 2.75) is 19.4 Å². The minimum absolute atomic E-state index is 0.344. The van der Waals surface area contributed by atoms with Gasteiger partial charge in [0.15, 0.2) is 0 Å². The lowest BCUT2D eigenvalue weighted by atomic mass is 10.1. The van der Waals surface area contributed by atoms with Gasteiger partial charge in [-0.15, -0.1) is 0 Å². The molecule has 2 atom stereocenters. The van der Waals surface area contributed by atoms with Gasteiger partial charge in [0.2, 0.25) is 0 Å². The maximum absolute atomic E-state index is 11.7. The first-order valence-corrected chi connectivity index (χ1v) is 6.17. The molecule has 1 aliphatic rings. The molecule has 98 valence electrons. The van der Waals surface area contributed by atoms with Crippen LogP contribution in [0.15, 0.2) is 18.3 Å². The third kappa shape index (κ3) is 2.31. The Kier molecular flexibility index (Phi) is 3.81. The van der Waals surface area contributed by atoms with Crippen molar-refractivity contribution < 1.29 is 9.53 Å². The van der Waals surface area contributed by atoms with Crippen molar-refractivity contribution >= 4 is 11.8 Å². The van der Waals surface area contributed by atoms with E-state index in [9.17, 15) is 4.79 Å². The quantitative estimate of drug-likeness (QED) is 0.811. The number of methoxy groups -OCH3 is 1. The van der Waals surface area contributed by atoms with Crippen molar-refractivity contribution in [3.8, 4) is 0 Å². The van der Waals surface area contributed by atoms with Crippen molar-refractivity contribution in [1.29, 1.82) is 0 Å². The summed E-state index contributed by atoms with van der Waals surface area (Å²) < 4.78 is 4.79. The van der Waals surface area contributed by atoms with E-state index in [1.165, 1.54) is 7.11 Å². The zero-order valence-corrected chi connectivity index (χ0v) is 10.8. The molecule has 1 saturated heterocycles. The Morgan fingerprint density at radius 1 is 1.67 bits per heavy atom. The summed E-state index contributed by atoms with van der Waals surface area (Å²) in [4.78, 5) is 18.2. The number of pyridine rings is 1. The van der Waals surface area contributed by atoms with E-state index in [1.807, 2.05) is 0 Å². The van der Waals surface area contributed by atoms with Crippen LogP contribution in [0.5, 0.6) is 0 Å². The molecule has 18 heavy (non-hydrogen) atoms. The van der Waals surface area contributed by atoms with Crippen LogP contribution < -0.4 is 10.6 Å². The van der Waals surface area contributed by atoms with E-state index < -0.39 is 0 Å².